The van der Waals surface area contributed by atoms with E-state index in [0.29, 0.717) is 44.0 Å². The van der Waals surface area contributed by atoms with Crippen molar-refractivity contribution in [1.82, 2.24) is 20.5 Å². The number of amides is 1. The average Bonchev–Trinajstić information content (AvgIpc) is 3.78. The summed E-state index contributed by atoms with van der Waals surface area (Å²) in [5, 5.41) is 8.00. The summed E-state index contributed by atoms with van der Waals surface area (Å²) in [6.45, 7) is 3.32. The number of esters is 1. The van der Waals surface area contributed by atoms with Crippen molar-refractivity contribution in [1.29, 1.82) is 0 Å². The number of nitrogens with one attached hydrogen (secondary N) is 2. The van der Waals surface area contributed by atoms with Crippen molar-refractivity contribution in [3.05, 3.63) is 71.8 Å². The lowest BCUT2D eigenvalue weighted by atomic mass is 9.86. The molecule has 3 aliphatic heterocycles. The zero-order valence-electron chi connectivity index (χ0n) is 27.5. The molecule has 254 valence electrons. The SMILES string of the molecule is CCC1NN=C(CCCC(=O)OCc2ccccc2)N1C1CC2CCC1N2CC[C@H](NC(=O)C1CCC(F)(F)CC1)c1ccccc1. The maximum absolute atomic E-state index is 13.8. The fraction of sp³-hybridized carbons (Fsp3) is 0.595. The predicted octanol–water partition coefficient (Wildman–Crippen LogP) is 6.53. The Balaban J connectivity index is 1.04. The number of rotatable bonds is 14. The quantitative estimate of drug-likeness (QED) is 0.226. The Morgan fingerprint density at radius 1 is 1.02 bits per heavy atom. The van der Waals surface area contributed by atoms with Crippen molar-refractivity contribution in [3.63, 3.8) is 0 Å². The van der Waals surface area contributed by atoms with Crippen LogP contribution in [0.3, 0.4) is 0 Å². The van der Waals surface area contributed by atoms with Crippen LogP contribution in [0.25, 0.3) is 0 Å². The normalized spacial score (nSPS) is 26.1. The summed E-state index contributed by atoms with van der Waals surface area (Å²) in [6.07, 6.45) is 6.98. The van der Waals surface area contributed by atoms with Crippen LogP contribution >= 0.6 is 0 Å². The molecule has 10 heteroatoms. The molecule has 2 bridgehead atoms. The molecule has 4 unspecified atom stereocenters. The number of amidine groups is 1. The Labute approximate surface area is 277 Å². The topological polar surface area (TPSA) is 86.3 Å². The lowest BCUT2D eigenvalue weighted by Gasteiger charge is -2.37. The van der Waals surface area contributed by atoms with Crippen molar-refractivity contribution in [2.24, 2.45) is 11.0 Å². The van der Waals surface area contributed by atoms with E-state index in [-0.39, 0.29) is 55.7 Å². The van der Waals surface area contributed by atoms with Crippen LogP contribution in [0.15, 0.2) is 65.8 Å². The van der Waals surface area contributed by atoms with Crippen molar-refractivity contribution in [2.75, 3.05) is 6.54 Å². The second-order valence-electron chi connectivity index (χ2n) is 13.7. The van der Waals surface area contributed by atoms with Crippen molar-refractivity contribution in [3.8, 4) is 0 Å². The van der Waals surface area contributed by atoms with E-state index in [1.165, 1.54) is 0 Å². The molecule has 1 amide bonds. The molecule has 3 heterocycles. The first-order valence-corrected chi connectivity index (χ1v) is 17.6. The summed E-state index contributed by atoms with van der Waals surface area (Å²) in [4.78, 5) is 30.8. The predicted molar refractivity (Wildman–Crippen MR) is 177 cm³/mol. The van der Waals surface area contributed by atoms with Gasteiger partial charge in [0.25, 0.3) is 0 Å². The summed E-state index contributed by atoms with van der Waals surface area (Å²) in [6, 6.07) is 20.8. The summed E-state index contributed by atoms with van der Waals surface area (Å²) in [5.41, 5.74) is 5.39. The van der Waals surface area contributed by atoms with Crippen LogP contribution in [-0.4, -0.2) is 64.3 Å². The van der Waals surface area contributed by atoms with Gasteiger partial charge >= 0.3 is 5.97 Å². The molecule has 47 heavy (non-hydrogen) atoms. The molecule has 4 aliphatic rings. The van der Waals surface area contributed by atoms with Gasteiger partial charge in [0.2, 0.25) is 11.8 Å². The third-order valence-corrected chi connectivity index (χ3v) is 10.7. The molecule has 2 aromatic carbocycles. The number of fused-ring (bicyclic) bond motifs is 2. The van der Waals surface area contributed by atoms with E-state index < -0.39 is 5.92 Å². The first-order valence-electron chi connectivity index (χ1n) is 17.6. The molecule has 2 saturated heterocycles. The van der Waals surface area contributed by atoms with E-state index in [1.54, 1.807) is 0 Å². The molecular weight excluding hydrogens is 600 g/mol. The van der Waals surface area contributed by atoms with Gasteiger partial charge in [0.05, 0.1) is 6.04 Å². The number of carbonyl (C=O) groups excluding carboxylic acids is 2. The van der Waals surface area contributed by atoms with Crippen LogP contribution in [0, 0.1) is 5.92 Å². The molecule has 0 spiro atoms. The van der Waals surface area contributed by atoms with Gasteiger partial charge in [-0.1, -0.05) is 67.6 Å². The molecule has 6 rings (SSSR count). The second kappa shape index (κ2) is 15.1. The van der Waals surface area contributed by atoms with Crippen LogP contribution in [0.1, 0.15) is 101 Å². The number of halogens is 2. The number of alkyl halides is 2. The summed E-state index contributed by atoms with van der Waals surface area (Å²) in [5.74, 6) is -2.27. The molecule has 0 aromatic heterocycles. The third kappa shape index (κ3) is 8.13. The zero-order chi connectivity index (χ0) is 32.8. The van der Waals surface area contributed by atoms with E-state index in [2.05, 4.69) is 27.5 Å². The lowest BCUT2D eigenvalue weighted by Crippen LogP contribution is -2.51. The Kier molecular flexibility index (Phi) is 10.7. The van der Waals surface area contributed by atoms with E-state index >= 15 is 0 Å². The van der Waals surface area contributed by atoms with Gasteiger partial charge in [0.1, 0.15) is 18.6 Å². The van der Waals surface area contributed by atoms with Gasteiger partial charge in [-0.3, -0.25) is 19.9 Å². The molecule has 5 atom stereocenters. The first-order chi connectivity index (χ1) is 22.8. The van der Waals surface area contributed by atoms with E-state index in [0.717, 1.165) is 55.6 Å². The highest BCUT2D eigenvalue weighted by Crippen LogP contribution is 2.42. The minimum atomic E-state index is -2.65. The van der Waals surface area contributed by atoms with E-state index in [1.807, 2.05) is 60.7 Å². The molecular formula is C37H49F2N5O3. The van der Waals surface area contributed by atoms with Gasteiger partial charge in [-0.05, 0) is 62.5 Å². The molecule has 8 nitrogen and oxygen atoms in total. The Morgan fingerprint density at radius 2 is 1.74 bits per heavy atom. The van der Waals surface area contributed by atoms with Crippen molar-refractivity contribution < 1.29 is 23.1 Å². The monoisotopic (exact) mass is 649 g/mol. The van der Waals surface area contributed by atoms with Crippen LogP contribution < -0.4 is 10.7 Å². The summed E-state index contributed by atoms with van der Waals surface area (Å²) >= 11 is 0. The lowest BCUT2D eigenvalue weighted by molar-refractivity contribution is -0.145. The summed E-state index contributed by atoms with van der Waals surface area (Å²) in [7, 11) is 0. The number of hydrogen-bond donors (Lipinski definition) is 2. The molecule has 3 fully saturated rings. The smallest absolute Gasteiger partial charge is 0.306 e. The standard InChI is InChI=1S/C37H49F2N5O3/c1-2-33-41-42-34(14-9-15-35(45)47-25-26-10-5-3-6-11-26)44(33)32-24-29-16-17-31(32)43(29)23-20-30(27-12-7-4-8-13-27)40-36(46)28-18-21-37(38,39)22-19-28/h3-8,10-13,28-33,41H,2,9,14-25H2,1H3,(H,40,46)/t29?,30-,31?,32?,33?/m0/s1. The number of ether oxygens (including phenoxy) is 1. The Hall–Kier alpha value is -3.53. The number of carbonyl (C=O) groups is 2. The second-order valence-corrected chi connectivity index (χ2v) is 13.7. The molecule has 2 N–H and O–H groups in total. The highest BCUT2D eigenvalue weighted by molar-refractivity contribution is 5.84. The van der Waals surface area contributed by atoms with Crippen LogP contribution in [0.2, 0.25) is 0 Å². The maximum atomic E-state index is 13.8. The Bertz CT molecular complexity index is 1370. The fourth-order valence-electron chi connectivity index (χ4n) is 8.14. The van der Waals surface area contributed by atoms with Gasteiger partial charge < -0.3 is 15.0 Å². The van der Waals surface area contributed by atoms with Crippen molar-refractivity contribution >= 4 is 17.7 Å². The highest BCUT2D eigenvalue weighted by atomic mass is 19.3. The van der Waals surface area contributed by atoms with Crippen LogP contribution in [0.4, 0.5) is 8.78 Å². The number of benzene rings is 2. The first kappa shape index (κ1) is 33.4. The van der Waals surface area contributed by atoms with E-state index in [4.69, 9.17) is 9.84 Å². The average molecular weight is 650 g/mol. The third-order valence-electron chi connectivity index (χ3n) is 10.7. The minimum absolute atomic E-state index is 0.102. The number of nitrogens with zero attached hydrogens (tertiary/aromatic N) is 3. The molecule has 1 aliphatic carbocycles. The molecule has 2 aromatic rings. The number of hydrazone groups is 1. The Morgan fingerprint density at radius 3 is 2.47 bits per heavy atom. The van der Waals surface area contributed by atoms with Gasteiger partial charge in [-0.2, -0.15) is 5.10 Å². The maximum Gasteiger partial charge on any atom is 0.306 e. The van der Waals surface area contributed by atoms with Gasteiger partial charge in [0.15, 0.2) is 0 Å². The van der Waals surface area contributed by atoms with Gasteiger partial charge in [-0.15, -0.1) is 0 Å². The highest BCUT2D eigenvalue weighted by Gasteiger charge is 2.51. The largest absolute Gasteiger partial charge is 0.461 e. The summed E-state index contributed by atoms with van der Waals surface area (Å²) < 4.78 is 33.0. The van der Waals surface area contributed by atoms with Crippen LogP contribution in [0.5, 0.6) is 0 Å². The molecule has 0 radical (unpaired) electrons. The van der Waals surface area contributed by atoms with Crippen molar-refractivity contribution in [2.45, 2.75) is 127 Å². The minimum Gasteiger partial charge on any atom is -0.461 e. The van der Waals surface area contributed by atoms with Crippen LogP contribution in [-0.2, 0) is 20.9 Å². The van der Waals surface area contributed by atoms with Gasteiger partial charge in [0, 0.05) is 56.3 Å². The molecule has 1 saturated carbocycles. The fourth-order valence-corrected chi connectivity index (χ4v) is 8.14. The zero-order valence-corrected chi connectivity index (χ0v) is 27.5. The van der Waals surface area contributed by atoms with E-state index in [9.17, 15) is 18.4 Å². The van der Waals surface area contributed by atoms with Gasteiger partial charge in [-0.25, -0.2) is 8.78 Å². The number of hydrogen-bond acceptors (Lipinski definition) is 7.